The maximum absolute atomic E-state index is 11.7. The van der Waals surface area contributed by atoms with E-state index < -0.39 is 0 Å². The molecule has 0 bridgehead atoms. The third-order valence-corrected chi connectivity index (χ3v) is 3.02. The van der Waals surface area contributed by atoms with E-state index in [1.165, 1.54) is 4.90 Å². The van der Waals surface area contributed by atoms with Crippen molar-refractivity contribution in [2.75, 3.05) is 6.54 Å². The van der Waals surface area contributed by atoms with Crippen LogP contribution < -0.4 is 5.32 Å². The standard InChI is InChI=1S/C11H20N2O2/c1-5-13-10(14)6-9(11(13)15)12-8(4)7(2)3/h7-9,12H,5-6H2,1-4H3. The number of imide groups is 1. The number of nitrogens with one attached hydrogen (secondary N) is 1. The zero-order valence-corrected chi connectivity index (χ0v) is 9.91. The average molecular weight is 212 g/mol. The van der Waals surface area contributed by atoms with Gasteiger partial charge in [-0.15, -0.1) is 0 Å². The van der Waals surface area contributed by atoms with Crippen molar-refractivity contribution in [3.05, 3.63) is 0 Å². The van der Waals surface area contributed by atoms with Gasteiger partial charge in [0, 0.05) is 12.6 Å². The molecule has 1 aliphatic heterocycles. The minimum atomic E-state index is -0.310. The first kappa shape index (κ1) is 12.2. The Bertz CT molecular complexity index is 263. The number of rotatable bonds is 4. The molecular formula is C11H20N2O2. The van der Waals surface area contributed by atoms with Crippen LogP contribution in [-0.2, 0) is 9.59 Å². The smallest absolute Gasteiger partial charge is 0.246 e. The van der Waals surface area contributed by atoms with Crippen molar-refractivity contribution in [2.45, 2.75) is 46.2 Å². The Morgan fingerprint density at radius 3 is 2.40 bits per heavy atom. The van der Waals surface area contributed by atoms with Gasteiger partial charge >= 0.3 is 0 Å². The third kappa shape index (κ3) is 2.56. The van der Waals surface area contributed by atoms with E-state index in [1.807, 2.05) is 13.8 Å². The molecule has 0 spiro atoms. The molecule has 4 nitrogen and oxygen atoms in total. The monoisotopic (exact) mass is 212 g/mol. The molecular weight excluding hydrogens is 192 g/mol. The van der Waals surface area contributed by atoms with Crippen LogP contribution in [0.25, 0.3) is 0 Å². The lowest BCUT2D eigenvalue weighted by molar-refractivity contribution is -0.138. The first-order valence-corrected chi connectivity index (χ1v) is 5.57. The van der Waals surface area contributed by atoms with E-state index in [1.54, 1.807) is 0 Å². The van der Waals surface area contributed by atoms with E-state index in [4.69, 9.17) is 0 Å². The Morgan fingerprint density at radius 1 is 1.40 bits per heavy atom. The van der Waals surface area contributed by atoms with Gasteiger partial charge in [-0.3, -0.25) is 14.5 Å². The summed E-state index contributed by atoms with van der Waals surface area (Å²) >= 11 is 0. The molecule has 1 rings (SSSR count). The Hall–Kier alpha value is -0.900. The lowest BCUT2D eigenvalue weighted by atomic mass is 10.1. The lowest BCUT2D eigenvalue weighted by Crippen LogP contribution is -2.44. The summed E-state index contributed by atoms with van der Waals surface area (Å²) in [5.74, 6) is 0.328. The summed E-state index contributed by atoms with van der Waals surface area (Å²) in [4.78, 5) is 24.5. The highest BCUT2D eigenvalue weighted by molar-refractivity contribution is 6.05. The van der Waals surface area contributed by atoms with Gasteiger partial charge in [0.25, 0.3) is 0 Å². The largest absolute Gasteiger partial charge is 0.303 e. The molecule has 0 aliphatic carbocycles. The number of hydrogen-bond acceptors (Lipinski definition) is 3. The van der Waals surface area contributed by atoms with E-state index in [0.29, 0.717) is 18.9 Å². The quantitative estimate of drug-likeness (QED) is 0.700. The summed E-state index contributed by atoms with van der Waals surface area (Å²) in [6.07, 6.45) is 0.309. The predicted molar refractivity (Wildman–Crippen MR) is 58.2 cm³/mol. The Morgan fingerprint density at radius 2 is 2.00 bits per heavy atom. The first-order valence-electron chi connectivity index (χ1n) is 5.57. The van der Waals surface area contributed by atoms with Crippen LogP contribution in [0, 0.1) is 5.92 Å². The fourth-order valence-electron chi connectivity index (χ4n) is 1.66. The zero-order chi connectivity index (χ0) is 11.6. The molecule has 1 heterocycles. The van der Waals surface area contributed by atoms with Crippen molar-refractivity contribution in [1.29, 1.82) is 0 Å². The molecule has 2 unspecified atom stereocenters. The first-order chi connectivity index (χ1) is 6.97. The molecule has 1 saturated heterocycles. The molecule has 1 fully saturated rings. The Labute approximate surface area is 91.0 Å². The van der Waals surface area contributed by atoms with Gasteiger partial charge in [-0.05, 0) is 19.8 Å². The molecule has 0 aromatic heterocycles. The highest BCUT2D eigenvalue weighted by Crippen LogP contribution is 2.14. The minimum Gasteiger partial charge on any atom is -0.303 e. The number of hydrogen-bond donors (Lipinski definition) is 1. The third-order valence-electron chi connectivity index (χ3n) is 3.02. The fraction of sp³-hybridized carbons (Fsp3) is 0.818. The summed E-state index contributed by atoms with van der Waals surface area (Å²) < 4.78 is 0. The van der Waals surface area contributed by atoms with Crippen molar-refractivity contribution in [3.63, 3.8) is 0 Å². The molecule has 1 aliphatic rings. The van der Waals surface area contributed by atoms with E-state index in [9.17, 15) is 9.59 Å². The van der Waals surface area contributed by atoms with Crippen LogP contribution in [0.15, 0.2) is 0 Å². The van der Waals surface area contributed by atoms with Crippen LogP contribution in [0.3, 0.4) is 0 Å². The number of likely N-dealkylation sites (tertiary alicyclic amines) is 1. The van der Waals surface area contributed by atoms with E-state index in [-0.39, 0.29) is 23.9 Å². The summed E-state index contributed by atoms with van der Waals surface area (Å²) in [5, 5.41) is 3.21. The van der Waals surface area contributed by atoms with Crippen LogP contribution in [0.2, 0.25) is 0 Å². The van der Waals surface area contributed by atoms with Crippen molar-refractivity contribution < 1.29 is 9.59 Å². The molecule has 86 valence electrons. The van der Waals surface area contributed by atoms with E-state index >= 15 is 0 Å². The summed E-state index contributed by atoms with van der Waals surface area (Å²) in [5.41, 5.74) is 0. The van der Waals surface area contributed by atoms with Gasteiger partial charge in [-0.1, -0.05) is 13.8 Å². The number of nitrogens with zero attached hydrogens (tertiary/aromatic N) is 1. The van der Waals surface area contributed by atoms with Crippen LogP contribution in [0.1, 0.15) is 34.1 Å². The average Bonchev–Trinajstić information content (AvgIpc) is 2.41. The van der Waals surface area contributed by atoms with Gasteiger partial charge in [0.2, 0.25) is 11.8 Å². The summed E-state index contributed by atoms with van der Waals surface area (Å²) in [7, 11) is 0. The van der Waals surface area contributed by atoms with Gasteiger partial charge in [-0.25, -0.2) is 0 Å². The Balaban J connectivity index is 2.59. The highest BCUT2D eigenvalue weighted by atomic mass is 16.2. The normalized spacial score (nSPS) is 24.1. The molecule has 1 N–H and O–H groups in total. The van der Waals surface area contributed by atoms with Gasteiger partial charge in [-0.2, -0.15) is 0 Å². The minimum absolute atomic E-state index is 0.0593. The fourth-order valence-corrected chi connectivity index (χ4v) is 1.66. The molecule has 0 aromatic carbocycles. The summed E-state index contributed by atoms with van der Waals surface area (Å²) in [6, 6.07) is -0.0570. The molecule has 0 saturated carbocycles. The van der Waals surface area contributed by atoms with Gasteiger partial charge in [0.1, 0.15) is 0 Å². The molecule has 2 atom stereocenters. The summed E-state index contributed by atoms with van der Waals surface area (Å²) in [6.45, 7) is 8.53. The number of likely N-dealkylation sites (N-methyl/N-ethyl adjacent to an activating group) is 1. The van der Waals surface area contributed by atoms with Crippen LogP contribution in [0.4, 0.5) is 0 Å². The number of carbonyl (C=O) groups is 2. The molecule has 2 amide bonds. The van der Waals surface area contributed by atoms with Crippen LogP contribution in [0.5, 0.6) is 0 Å². The van der Waals surface area contributed by atoms with Crippen LogP contribution in [-0.4, -0.2) is 35.3 Å². The SMILES string of the molecule is CCN1C(=O)CC(NC(C)C(C)C)C1=O. The predicted octanol–water partition coefficient (Wildman–Crippen LogP) is 0.768. The van der Waals surface area contributed by atoms with Crippen molar-refractivity contribution in [1.82, 2.24) is 10.2 Å². The van der Waals surface area contributed by atoms with Gasteiger partial charge < -0.3 is 5.32 Å². The number of amides is 2. The molecule has 15 heavy (non-hydrogen) atoms. The molecule has 4 heteroatoms. The van der Waals surface area contributed by atoms with Crippen LogP contribution >= 0.6 is 0 Å². The maximum Gasteiger partial charge on any atom is 0.246 e. The lowest BCUT2D eigenvalue weighted by Gasteiger charge is -2.21. The van der Waals surface area contributed by atoms with Crippen molar-refractivity contribution in [2.24, 2.45) is 5.92 Å². The van der Waals surface area contributed by atoms with Gasteiger partial charge in [0.15, 0.2) is 0 Å². The topological polar surface area (TPSA) is 49.4 Å². The molecule has 0 radical (unpaired) electrons. The molecule has 0 aromatic rings. The maximum atomic E-state index is 11.7. The van der Waals surface area contributed by atoms with Crippen molar-refractivity contribution in [3.8, 4) is 0 Å². The van der Waals surface area contributed by atoms with Crippen molar-refractivity contribution >= 4 is 11.8 Å². The van der Waals surface area contributed by atoms with Gasteiger partial charge in [0.05, 0.1) is 12.5 Å². The second-order valence-corrected chi connectivity index (χ2v) is 4.43. The Kier molecular flexibility index (Phi) is 3.85. The number of carbonyl (C=O) groups excluding carboxylic acids is 2. The highest BCUT2D eigenvalue weighted by Gasteiger charge is 2.37. The van der Waals surface area contributed by atoms with E-state index in [2.05, 4.69) is 19.2 Å². The zero-order valence-electron chi connectivity index (χ0n) is 9.91. The second kappa shape index (κ2) is 4.75. The second-order valence-electron chi connectivity index (χ2n) is 4.43. The van der Waals surface area contributed by atoms with E-state index in [0.717, 1.165) is 0 Å².